The lowest BCUT2D eigenvalue weighted by Gasteiger charge is -2.29. The Kier molecular flexibility index (Phi) is 5.60. The Labute approximate surface area is 196 Å². The van der Waals surface area contributed by atoms with E-state index in [0.29, 0.717) is 18.5 Å². The number of anilines is 1. The second kappa shape index (κ2) is 8.60. The van der Waals surface area contributed by atoms with Crippen molar-refractivity contribution in [3.63, 3.8) is 0 Å². The minimum Gasteiger partial charge on any atom is -0.361 e. The number of carbonyl (C=O) groups is 3. The Morgan fingerprint density at radius 1 is 1.06 bits per heavy atom. The van der Waals surface area contributed by atoms with Gasteiger partial charge >= 0.3 is 6.03 Å². The number of amides is 4. The number of benzene rings is 2. The predicted octanol–water partition coefficient (Wildman–Crippen LogP) is 1.85. The van der Waals surface area contributed by atoms with Crippen LogP contribution in [0.2, 0.25) is 0 Å². The minimum atomic E-state index is -3.24. The number of rotatable bonds is 6. The molecule has 2 aliphatic heterocycles. The Hall–Kier alpha value is -3.66. The maximum atomic E-state index is 13.3. The molecule has 34 heavy (non-hydrogen) atoms. The molecule has 3 aromatic rings. The van der Waals surface area contributed by atoms with E-state index >= 15 is 0 Å². The van der Waals surface area contributed by atoms with Gasteiger partial charge in [-0.05, 0) is 30.2 Å². The third-order valence-corrected chi connectivity index (χ3v) is 8.13. The second-order valence-corrected chi connectivity index (χ2v) is 10.9. The van der Waals surface area contributed by atoms with Crippen LogP contribution in [0.25, 0.3) is 10.9 Å². The molecule has 1 aromatic heterocycles. The molecular weight excluding hydrogens is 456 g/mol. The molecule has 3 heterocycles. The van der Waals surface area contributed by atoms with E-state index in [9.17, 15) is 22.8 Å². The van der Waals surface area contributed by atoms with Crippen LogP contribution in [0.1, 0.15) is 12.0 Å². The molecule has 176 valence electrons. The minimum absolute atomic E-state index is 0.00407. The van der Waals surface area contributed by atoms with Gasteiger partial charge in [-0.3, -0.25) is 14.5 Å². The van der Waals surface area contributed by atoms with Crippen molar-refractivity contribution in [2.75, 3.05) is 23.0 Å². The molecule has 0 saturated carbocycles. The van der Waals surface area contributed by atoms with E-state index in [1.807, 2.05) is 30.5 Å². The summed E-state index contributed by atoms with van der Waals surface area (Å²) in [5, 5.41) is 3.65. The lowest BCUT2D eigenvalue weighted by molar-refractivity contribution is -0.131. The zero-order valence-electron chi connectivity index (χ0n) is 18.3. The number of imide groups is 1. The summed E-state index contributed by atoms with van der Waals surface area (Å²) in [6.07, 6.45) is 2.42. The number of nitrogens with one attached hydrogen (secondary N) is 2. The second-order valence-electron chi connectivity index (χ2n) is 8.65. The highest BCUT2D eigenvalue weighted by molar-refractivity contribution is 7.91. The Bertz CT molecular complexity index is 1370. The van der Waals surface area contributed by atoms with E-state index in [1.54, 1.807) is 30.3 Å². The first-order valence-corrected chi connectivity index (χ1v) is 12.9. The summed E-state index contributed by atoms with van der Waals surface area (Å²) in [5.74, 6) is -1.11. The molecule has 2 aliphatic rings. The van der Waals surface area contributed by atoms with E-state index in [0.717, 1.165) is 21.4 Å². The summed E-state index contributed by atoms with van der Waals surface area (Å²) < 4.78 is 24.1. The third kappa shape index (κ3) is 4.16. The van der Waals surface area contributed by atoms with Crippen LogP contribution in [0.5, 0.6) is 0 Å². The zero-order chi connectivity index (χ0) is 23.9. The number of para-hydroxylation sites is 2. The van der Waals surface area contributed by atoms with Gasteiger partial charge in [-0.25, -0.2) is 13.2 Å². The molecule has 9 nitrogen and oxygen atoms in total. The Morgan fingerprint density at radius 3 is 2.53 bits per heavy atom. The van der Waals surface area contributed by atoms with Crippen LogP contribution in [0, 0.1) is 0 Å². The fourth-order valence-corrected chi connectivity index (χ4v) is 6.42. The highest BCUT2D eigenvalue weighted by Crippen LogP contribution is 2.26. The standard InChI is InChI=1S/C24H24N4O5S/c29-22(28(17-6-2-1-3-7-17)18-10-11-34(32,33)15-18)14-27-23(30)21(26-24(27)31)12-16-13-25-20-9-5-4-8-19(16)20/h1-9,13,18,21,25H,10-12,14-15H2,(H,26,31)/t18-,21+/m1/s1. The van der Waals surface area contributed by atoms with Crippen molar-refractivity contribution in [3.05, 3.63) is 66.4 Å². The molecule has 0 bridgehead atoms. The summed E-state index contributed by atoms with van der Waals surface area (Å²) in [7, 11) is -3.24. The van der Waals surface area contributed by atoms with Gasteiger partial charge in [0, 0.05) is 29.2 Å². The number of H-pyrrole nitrogens is 1. The molecular formula is C24H24N4O5S. The van der Waals surface area contributed by atoms with Crippen LogP contribution in [0.15, 0.2) is 60.8 Å². The average Bonchev–Trinajstić information content (AvgIpc) is 3.47. The normalized spacial score (nSPS) is 21.7. The largest absolute Gasteiger partial charge is 0.361 e. The third-order valence-electron chi connectivity index (χ3n) is 6.38. The summed E-state index contributed by atoms with van der Waals surface area (Å²) in [5.41, 5.74) is 2.37. The van der Waals surface area contributed by atoms with Gasteiger partial charge in [0.15, 0.2) is 9.84 Å². The average molecular weight is 481 g/mol. The lowest BCUT2D eigenvalue weighted by Crippen LogP contribution is -2.48. The van der Waals surface area contributed by atoms with E-state index in [2.05, 4.69) is 10.3 Å². The summed E-state index contributed by atoms with van der Waals surface area (Å²) in [4.78, 5) is 44.5. The topological polar surface area (TPSA) is 120 Å². The van der Waals surface area contributed by atoms with Crippen LogP contribution in [0.4, 0.5) is 10.5 Å². The monoisotopic (exact) mass is 480 g/mol. The molecule has 0 aliphatic carbocycles. The highest BCUT2D eigenvalue weighted by Gasteiger charge is 2.42. The van der Waals surface area contributed by atoms with Crippen molar-refractivity contribution in [2.45, 2.75) is 24.9 Å². The molecule has 0 unspecified atom stereocenters. The van der Waals surface area contributed by atoms with Crippen molar-refractivity contribution in [2.24, 2.45) is 0 Å². The highest BCUT2D eigenvalue weighted by atomic mass is 32.2. The molecule has 2 saturated heterocycles. The molecule has 10 heteroatoms. The fourth-order valence-electron chi connectivity index (χ4n) is 4.72. The maximum Gasteiger partial charge on any atom is 0.325 e. The lowest BCUT2D eigenvalue weighted by atomic mass is 10.1. The first-order valence-electron chi connectivity index (χ1n) is 11.1. The van der Waals surface area contributed by atoms with Crippen LogP contribution in [-0.4, -0.2) is 66.3 Å². The first kappa shape index (κ1) is 22.1. The van der Waals surface area contributed by atoms with Crippen LogP contribution in [-0.2, 0) is 25.8 Å². The van der Waals surface area contributed by atoms with E-state index < -0.39 is 46.3 Å². The van der Waals surface area contributed by atoms with Crippen molar-refractivity contribution in [1.82, 2.24) is 15.2 Å². The zero-order valence-corrected chi connectivity index (χ0v) is 19.1. The fraction of sp³-hybridized carbons (Fsp3) is 0.292. The maximum absolute atomic E-state index is 13.3. The van der Waals surface area contributed by atoms with Crippen molar-refractivity contribution < 1.29 is 22.8 Å². The number of urea groups is 1. The van der Waals surface area contributed by atoms with Gasteiger partial charge in [-0.15, -0.1) is 0 Å². The number of aromatic amines is 1. The summed E-state index contributed by atoms with van der Waals surface area (Å²) in [6, 6.07) is 14.5. The number of carbonyl (C=O) groups excluding carboxylic acids is 3. The molecule has 2 atom stereocenters. The van der Waals surface area contributed by atoms with Gasteiger partial charge in [-0.2, -0.15) is 0 Å². The summed E-state index contributed by atoms with van der Waals surface area (Å²) >= 11 is 0. The quantitative estimate of drug-likeness (QED) is 0.522. The predicted molar refractivity (Wildman–Crippen MR) is 127 cm³/mol. The van der Waals surface area contributed by atoms with Gasteiger partial charge < -0.3 is 15.2 Å². The number of hydrogen-bond acceptors (Lipinski definition) is 5. The molecule has 4 amide bonds. The number of fused-ring (bicyclic) bond motifs is 1. The van der Waals surface area contributed by atoms with Crippen LogP contribution < -0.4 is 10.2 Å². The molecule has 0 spiro atoms. The number of aromatic nitrogens is 1. The Morgan fingerprint density at radius 2 is 1.79 bits per heavy atom. The molecule has 2 aromatic carbocycles. The van der Waals surface area contributed by atoms with Crippen molar-refractivity contribution >= 4 is 44.3 Å². The number of hydrogen-bond donors (Lipinski definition) is 2. The first-order chi connectivity index (χ1) is 16.3. The molecule has 2 fully saturated rings. The van der Waals surface area contributed by atoms with Gasteiger partial charge in [0.2, 0.25) is 5.91 Å². The number of sulfone groups is 1. The van der Waals surface area contributed by atoms with E-state index in [1.165, 1.54) is 4.90 Å². The van der Waals surface area contributed by atoms with Crippen LogP contribution in [0.3, 0.4) is 0 Å². The smallest absolute Gasteiger partial charge is 0.325 e. The van der Waals surface area contributed by atoms with Gasteiger partial charge in [0.25, 0.3) is 5.91 Å². The van der Waals surface area contributed by atoms with Crippen LogP contribution >= 0.6 is 0 Å². The molecule has 5 rings (SSSR count). The molecule has 2 N–H and O–H groups in total. The number of nitrogens with zero attached hydrogens (tertiary/aromatic N) is 2. The van der Waals surface area contributed by atoms with Gasteiger partial charge in [0.05, 0.1) is 17.5 Å². The van der Waals surface area contributed by atoms with E-state index in [-0.39, 0.29) is 11.5 Å². The van der Waals surface area contributed by atoms with Crippen molar-refractivity contribution in [1.29, 1.82) is 0 Å². The van der Waals surface area contributed by atoms with Gasteiger partial charge in [0.1, 0.15) is 12.6 Å². The SMILES string of the molecule is O=C1N[C@@H](Cc2c[nH]c3ccccc23)C(=O)N1CC(=O)N(c1ccccc1)[C@@H]1CCS(=O)(=O)C1. The Balaban J connectivity index is 1.34. The summed E-state index contributed by atoms with van der Waals surface area (Å²) in [6.45, 7) is -0.458. The van der Waals surface area contributed by atoms with Gasteiger partial charge in [-0.1, -0.05) is 36.4 Å². The van der Waals surface area contributed by atoms with Crippen molar-refractivity contribution in [3.8, 4) is 0 Å². The van der Waals surface area contributed by atoms with E-state index in [4.69, 9.17) is 0 Å². The molecule has 0 radical (unpaired) electrons.